The lowest BCUT2D eigenvalue weighted by atomic mass is 9.95. The standard InChI is InChI=1S/C24H27N3O3S/c1-5-27-16(4)20(23(29)30-6-2)21(26-24(27)31)17-11-13-19(14-12-17)25-22(28)18-9-7-15(3)8-10-18/h7-14,21H,5-6H2,1-4H3,(H,25,28)(H,26,31). The summed E-state index contributed by atoms with van der Waals surface area (Å²) in [6.07, 6.45) is 0. The molecule has 1 aliphatic rings. The maximum Gasteiger partial charge on any atom is 0.338 e. The first-order chi connectivity index (χ1) is 14.8. The second-order valence-corrected chi connectivity index (χ2v) is 7.68. The van der Waals surface area contributed by atoms with Crippen molar-refractivity contribution in [3.8, 4) is 0 Å². The Morgan fingerprint density at radius 1 is 1.06 bits per heavy atom. The summed E-state index contributed by atoms with van der Waals surface area (Å²) in [7, 11) is 0. The number of amides is 1. The third-order valence-electron chi connectivity index (χ3n) is 5.22. The molecule has 0 aromatic heterocycles. The first kappa shape index (κ1) is 22.5. The molecule has 6 nitrogen and oxygen atoms in total. The van der Waals surface area contributed by atoms with Crippen LogP contribution in [0, 0.1) is 6.92 Å². The van der Waals surface area contributed by atoms with Crippen LogP contribution in [-0.2, 0) is 9.53 Å². The van der Waals surface area contributed by atoms with Gasteiger partial charge in [-0.25, -0.2) is 4.79 Å². The predicted octanol–water partition coefficient (Wildman–Crippen LogP) is 4.34. The van der Waals surface area contributed by atoms with Gasteiger partial charge in [0.05, 0.1) is 18.2 Å². The minimum absolute atomic E-state index is 0.175. The number of hydrogen-bond donors (Lipinski definition) is 2. The molecule has 31 heavy (non-hydrogen) atoms. The van der Waals surface area contributed by atoms with Gasteiger partial charge in [-0.1, -0.05) is 29.8 Å². The maximum atomic E-state index is 12.7. The highest BCUT2D eigenvalue weighted by atomic mass is 32.1. The van der Waals surface area contributed by atoms with Crippen LogP contribution in [0.3, 0.4) is 0 Å². The van der Waals surface area contributed by atoms with Gasteiger partial charge in [0.2, 0.25) is 0 Å². The number of aryl methyl sites for hydroxylation is 1. The van der Waals surface area contributed by atoms with Gasteiger partial charge >= 0.3 is 5.97 Å². The second kappa shape index (κ2) is 9.75. The molecule has 0 saturated carbocycles. The monoisotopic (exact) mass is 437 g/mol. The number of rotatable bonds is 6. The number of ether oxygens (including phenoxy) is 1. The van der Waals surface area contributed by atoms with E-state index in [9.17, 15) is 9.59 Å². The molecule has 0 bridgehead atoms. The summed E-state index contributed by atoms with van der Waals surface area (Å²) in [6, 6.07) is 14.4. The summed E-state index contributed by atoms with van der Waals surface area (Å²) in [4.78, 5) is 27.1. The fourth-order valence-electron chi connectivity index (χ4n) is 3.55. The number of nitrogens with one attached hydrogen (secondary N) is 2. The van der Waals surface area contributed by atoms with Gasteiger partial charge in [-0.3, -0.25) is 4.79 Å². The van der Waals surface area contributed by atoms with Crippen molar-refractivity contribution in [1.82, 2.24) is 10.2 Å². The van der Waals surface area contributed by atoms with E-state index in [4.69, 9.17) is 17.0 Å². The molecule has 0 fully saturated rings. The van der Waals surface area contributed by atoms with E-state index in [0.29, 0.717) is 35.1 Å². The van der Waals surface area contributed by atoms with Gasteiger partial charge in [0.15, 0.2) is 5.11 Å². The van der Waals surface area contributed by atoms with Crippen molar-refractivity contribution in [3.05, 3.63) is 76.5 Å². The van der Waals surface area contributed by atoms with E-state index in [2.05, 4.69) is 10.6 Å². The van der Waals surface area contributed by atoms with E-state index in [0.717, 1.165) is 16.8 Å². The highest BCUT2D eigenvalue weighted by Crippen LogP contribution is 2.32. The van der Waals surface area contributed by atoms with Gasteiger partial charge in [0.1, 0.15) is 0 Å². The minimum Gasteiger partial charge on any atom is -0.463 e. The quantitative estimate of drug-likeness (QED) is 0.518. The fourth-order valence-corrected chi connectivity index (χ4v) is 3.94. The van der Waals surface area contributed by atoms with Crippen LogP contribution >= 0.6 is 12.2 Å². The van der Waals surface area contributed by atoms with Crippen molar-refractivity contribution in [2.24, 2.45) is 0 Å². The maximum absolute atomic E-state index is 12.7. The van der Waals surface area contributed by atoms with E-state index >= 15 is 0 Å². The first-order valence-electron chi connectivity index (χ1n) is 10.3. The van der Waals surface area contributed by atoms with E-state index in [1.165, 1.54) is 0 Å². The SMILES string of the molecule is CCOC(=O)C1=C(C)N(CC)C(=S)NC1c1ccc(NC(=O)c2ccc(C)cc2)cc1. The first-order valence-corrected chi connectivity index (χ1v) is 10.7. The Morgan fingerprint density at radius 2 is 1.71 bits per heavy atom. The lowest BCUT2D eigenvalue weighted by Crippen LogP contribution is -2.47. The lowest BCUT2D eigenvalue weighted by Gasteiger charge is -2.37. The average molecular weight is 438 g/mol. The molecule has 1 aliphatic heterocycles. The average Bonchev–Trinajstić information content (AvgIpc) is 2.74. The van der Waals surface area contributed by atoms with Gasteiger partial charge in [-0.15, -0.1) is 0 Å². The van der Waals surface area contributed by atoms with Crippen molar-refractivity contribution in [1.29, 1.82) is 0 Å². The van der Waals surface area contributed by atoms with Crippen LogP contribution in [0.2, 0.25) is 0 Å². The van der Waals surface area contributed by atoms with Crippen molar-refractivity contribution in [2.75, 3.05) is 18.5 Å². The molecule has 0 spiro atoms. The Labute approximate surface area is 188 Å². The predicted molar refractivity (Wildman–Crippen MR) is 126 cm³/mol. The molecule has 0 saturated heterocycles. The molecular formula is C24H27N3O3S. The topological polar surface area (TPSA) is 70.7 Å². The summed E-state index contributed by atoms with van der Waals surface area (Å²) < 4.78 is 5.30. The molecule has 2 N–H and O–H groups in total. The number of hydrogen-bond acceptors (Lipinski definition) is 4. The molecule has 1 heterocycles. The molecule has 1 atom stereocenters. The number of carbonyl (C=O) groups is 2. The molecule has 0 aliphatic carbocycles. The Hall–Kier alpha value is -3.19. The third kappa shape index (κ3) is 4.94. The van der Waals surface area contributed by atoms with Crippen LogP contribution in [0.1, 0.15) is 48.3 Å². The normalized spacial score (nSPS) is 16.1. The Bertz CT molecular complexity index is 1010. The van der Waals surface area contributed by atoms with Crippen molar-refractivity contribution < 1.29 is 14.3 Å². The highest BCUT2D eigenvalue weighted by molar-refractivity contribution is 7.80. The van der Waals surface area contributed by atoms with Crippen LogP contribution in [0.5, 0.6) is 0 Å². The molecule has 2 aromatic rings. The van der Waals surface area contributed by atoms with E-state index < -0.39 is 6.04 Å². The van der Waals surface area contributed by atoms with E-state index in [1.54, 1.807) is 19.1 Å². The summed E-state index contributed by atoms with van der Waals surface area (Å²) in [5, 5.41) is 6.72. The van der Waals surface area contributed by atoms with E-state index in [-0.39, 0.29) is 11.9 Å². The summed E-state index contributed by atoms with van der Waals surface area (Å²) >= 11 is 5.50. The van der Waals surface area contributed by atoms with Crippen LogP contribution in [-0.4, -0.2) is 35.0 Å². The summed E-state index contributed by atoms with van der Waals surface area (Å²) in [5.41, 5.74) is 4.54. The van der Waals surface area contributed by atoms with Gasteiger partial charge < -0.3 is 20.3 Å². The third-order valence-corrected chi connectivity index (χ3v) is 5.56. The second-order valence-electron chi connectivity index (χ2n) is 7.29. The van der Waals surface area contributed by atoms with Crippen molar-refractivity contribution in [3.63, 3.8) is 0 Å². The molecule has 1 unspecified atom stereocenters. The van der Waals surface area contributed by atoms with Crippen LogP contribution in [0.4, 0.5) is 5.69 Å². The highest BCUT2D eigenvalue weighted by Gasteiger charge is 2.34. The number of anilines is 1. The van der Waals surface area contributed by atoms with Gasteiger partial charge in [0.25, 0.3) is 5.91 Å². The molecule has 7 heteroatoms. The smallest absolute Gasteiger partial charge is 0.338 e. The molecule has 3 rings (SSSR count). The van der Waals surface area contributed by atoms with Crippen LogP contribution in [0.15, 0.2) is 59.8 Å². The minimum atomic E-state index is -0.420. The van der Waals surface area contributed by atoms with Crippen LogP contribution in [0.25, 0.3) is 0 Å². The Balaban J connectivity index is 1.85. The lowest BCUT2D eigenvalue weighted by molar-refractivity contribution is -0.139. The molecular weight excluding hydrogens is 410 g/mol. The van der Waals surface area contributed by atoms with Gasteiger partial charge in [-0.05, 0) is 69.7 Å². The zero-order valence-electron chi connectivity index (χ0n) is 18.2. The number of esters is 1. The molecule has 1 amide bonds. The molecule has 2 aromatic carbocycles. The van der Waals surface area contributed by atoms with Crippen molar-refractivity contribution >= 4 is 34.9 Å². The number of allylic oxidation sites excluding steroid dienone is 1. The Morgan fingerprint density at radius 3 is 2.29 bits per heavy atom. The summed E-state index contributed by atoms with van der Waals surface area (Å²) in [5.74, 6) is -0.540. The largest absolute Gasteiger partial charge is 0.463 e. The Kier molecular flexibility index (Phi) is 7.07. The van der Waals surface area contributed by atoms with Crippen molar-refractivity contribution in [2.45, 2.75) is 33.7 Å². The number of thiocarbonyl (C=S) groups is 1. The van der Waals surface area contributed by atoms with Gasteiger partial charge in [-0.2, -0.15) is 0 Å². The van der Waals surface area contributed by atoms with Gasteiger partial charge in [0, 0.05) is 23.5 Å². The zero-order valence-corrected chi connectivity index (χ0v) is 19.0. The number of nitrogens with zero attached hydrogens (tertiary/aromatic N) is 1. The number of carbonyl (C=O) groups excluding carboxylic acids is 2. The van der Waals surface area contributed by atoms with E-state index in [1.807, 2.05) is 62.1 Å². The molecule has 162 valence electrons. The number of benzene rings is 2. The molecule has 0 radical (unpaired) electrons. The summed E-state index contributed by atoms with van der Waals surface area (Å²) in [6.45, 7) is 8.57. The fraction of sp³-hybridized carbons (Fsp3) is 0.292. The van der Waals surface area contributed by atoms with Crippen LogP contribution < -0.4 is 10.6 Å². The zero-order chi connectivity index (χ0) is 22.5.